The molecule has 0 aliphatic carbocycles. The van der Waals surface area contributed by atoms with Gasteiger partial charge in [-0.1, -0.05) is 31.5 Å². The van der Waals surface area contributed by atoms with E-state index < -0.39 is 0 Å². The summed E-state index contributed by atoms with van der Waals surface area (Å²) < 4.78 is 5.71. The van der Waals surface area contributed by atoms with Crippen LogP contribution >= 0.6 is 24.0 Å². The first-order chi connectivity index (χ1) is 11.8. The first-order valence-corrected chi connectivity index (χ1v) is 8.43. The number of nitrogens with zero attached hydrogens (tertiary/aromatic N) is 2. The average Bonchev–Trinajstić information content (AvgIpc) is 2.62. The van der Waals surface area contributed by atoms with Gasteiger partial charge in [-0.3, -0.25) is 4.98 Å². The van der Waals surface area contributed by atoms with Gasteiger partial charge in [0.2, 0.25) is 0 Å². The van der Waals surface area contributed by atoms with E-state index in [1.165, 1.54) is 0 Å². The second-order valence-corrected chi connectivity index (χ2v) is 5.55. The van der Waals surface area contributed by atoms with E-state index in [2.05, 4.69) is 22.2 Å². The third kappa shape index (κ3) is 8.72. The first kappa shape index (κ1) is 21.2. The number of pyridine rings is 1. The van der Waals surface area contributed by atoms with E-state index in [-0.39, 0.29) is 24.0 Å². The average molecular weight is 454 g/mol. The number of nitrogens with two attached hydrogens (primary N) is 1. The minimum atomic E-state index is 0. The number of ether oxygens (including phenoxy) is 1. The highest BCUT2D eigenvalue weighted by molar-refractivity contribution is 14.0. The molecule has 2 rings (SSSR count). The van der Waals surface area contributed by atoms with E-state index in [9.17, 15) is 0 Å². The number of hydrogen-bond donors (Lipinski definition) is 2. The van der Waals surface area contributed by atoms with Crippen molar-refractivity contribution in [3.63, 3.8) is 0 Å². The molecule has 1 aromatic heterocycles. The largest absolute Gasteiger partial charge is 0.494 e. The molecule has 1 heterocycles. The Morgan fingerprint density at radius 2 is 2.12 bits per heavy atom. The predicted molar refractivity (Wildman–Crippen MR) is 114 cm³/mol. The Morgan fingerprint density at radius 3 is 2.88 bits per heavy atom. The van der Waals surface area contributed by atoms with Crippen LogP contribution in [-0.2, 0) is 13.0 Å². The highest BCUT2D eigenvalue weighted by Gasteiger charge is 1.98. The predicted octanol–water partition coefficient (Wildman–Crippen LogP) is 3.53. The lowest BCUT2D eigenvalue weighted by Gasteiger charge is -2.07. The number of hydrogen-bond acceptors (Lipinski definition) is 3. The van der Waals surface area contributed by atoms with E-state index in [0.717, 1.165) is 42.9 Å². The van der Waals surface area contributed by atoms with Gasteiger partial charge in [0.05, 0.1) is 13.2 Å². The van der Waals surface area contributed by atoms with Crippen molar-refractivity contribution in [1.82, 2.24) is 10.3 Å². The fourth-order valence-electron chi connectivity index (χ4n) is 2.16. The van der Waals surface area contributed by atoms with Gasteiger partial charge in [0.15, 0.2) is 5.96 Å². The second kappa shape index (κ2) is 12.5. The molecule has 0 atom stereocenters. The molecule has 1 aromatic carbocycles. The maximum atomic E-state index is 5.91. The summed E-state index contributed by atoms with van der Waals surface area (Å²) >= 11 is 0. The fourth-order valence-corrected chi connectivity index (χ4v) is 2.16. The zero-order valence-corrected chi connectivity index (χ0v) is 17.0. The summed E-state index contributed by atoms with van der Waals surface area (Å²) in [7, 11) is 0. The molecule has 0 radical (unpaired) electrons. The van der Waals surface area contributed by atoms with Crippen molar-refractivity contribution in [2.24, 2.45) is 10.7 Å². The monoisotopic (exact) mass is 454 g/mol. The summed E-state index contributed by atoms with van der Waals surface area (Å²) in [5, 5.41) is 3.11. The van der Waals surface area contributed by atoms with Crippen LogP contribution < -0.4 is 15.8 Å². The van der Waals surface area contributed by atoms with Gasteiger partial charge in [-0.15, -0.1) is 24.0 Å². The van der Waals surface area contributed by atoms with Crippen molar-refractivity contribution in [3.8, 4) is 5.75 Å². The van der Waals surface area contributed by atoms with Crippen LogP contribution in [0.4, 0.5) is 0 Å². The number of aliphatic imine (C=N–C) groups is 1. The van der Waals surface area contributed by atoms with Crippen LogP contribution in [-0.4, -0.2) is 24.1 Å². The van der Waals surface area contributed by atoms with Crippen LogP contribution in [0.5, 0.6) is 5.75 Å². The SMILES string of the molecule is CCCCOc1cccc(CN=C(N)NCCc2ccccn2)c1.I. The molecule has 0 aliphatic rings. The number of aromatic nitrogens is 1. The summed E-state index contributed by atoms with van der Waals surface area (Å²) in [6, 6.07) is 13.9. The molecular weight excluding hydrogens is 427 g/mol. The van der Waals surface area contributed by atoms with Gasteiger partial charge in [0.1, 0.15) is 5.75 Å². The van der Waals surface area contributed by atoms with Crippen LogP contribution in [0.15, 0.2) is 53.7 Å². The van der Waals surface area contributed by atoms with E-state index in [1.54, 1.807) is 6.20 Å². The number of unbranched alkanes of at least 4 members (excludes halogenated alkanes) is 1. The molecule has 0 amide bonds. The molecule has 5 nitrogen and oxygen atoms in total. The molecule has 0 fully saturated rings. The number of nitrogens with one attached hydrogen (secondary N) is 1. The lowest BCUT2D eigenvalue weighted by molar-refractivity contribution is 0.309. The van der Waals surface area contributed by atoms with Crippen LogP contribution in [0.2, 0.25) is 0 Å². The number of halogens is 1. The Bertz CT molecular complexity index is 634. The minimum absolute atomic E-state index is 0. The van der Waals surface area contributed by atoms with Gasteiger partial charge in [0.25, 0.3) is 0 Å². The summed E-state index contributed by atoms with van der Waals surface area (Å²) in [5.41, 5.74) is 8.03. The van der Waals surface area contributed by atoms with Crippen molar-refractivity contribution >= 4 is 29.9 Å². The smallest absolute Gasteiger partial charge is 0.188 e. The summed E-state index contributed by atoms with van der Waals surface area (Å²) in [4.78, 5) is 8.65. The summed E-state index contributed by atoms with van der Waals surface area (Å²) in [6.07, 6.45) is 4.81. The molecule has 0 aliphatic heterocycles. The lowest BCUT2D eigenvalue weighted by Crippen LogP contribution is -2.33. The highest BCUT2D eigenvalue weighted by Crippen LogP contribution is 2.14. The van der Waals surface area contributed by atoms with E-state index in [4.69, 9.17) is 10.5 Å². The normalized spacial score (nSPS) is 10.8. The third-order valence-corrected chi connectivity index (χ3v) is 3.51. The first-order valence-electron chi connectivity index (χ1n) is 8.43. The summed E-state index contributed by atoms with van der Waals surface area (Å²) in [5.74, 6) is 1.33. The molecular formula is C19H27IN4O. The molecule has 0 bridgehead atoms. The van der Waals surface area contributed by atoms with Crippen molar-refractivity contribution in [2.45, 2.75) is 32.7 Å². The Kier molecular flexibility index (Phi) is 10.6. The van der Waals surface area contributed by atoms with Gasteiger partial charge in [-0.2, -0.15) is 0 Å². The zero-order chi connectivity index (χ0) is 17.0. The Balaban J connectivity index is 0.00000312. The minimum Gasteiger partial charge on any atom is -0.494 e. The number of guanidine groups is 1. The van der Waals surface area contributed by atoms with Gasteiger partial charge in [0, 0.05) is 24.9 Å². The highest BCUT2D eigenvalue weighted by atomic mass is 127. The van der Waals surface area contributed by atoms with Crippen LogP contribution in [0.25, 0.3) is 0 Å². The molecule has 136 valence electrons. The van der Waals surface area contributed by atoms with Crippen LogP contribution in [0.1, 0.15) is 31.0 Å². The molecule has 3 N–H and O–H groups in total. The molecule has 0 spiro atoms. The molecule has 0 saturated carbocycles. The van der Waals surface area contributed by atoms with Gasteiger partial charge < -0.3 is 15.8 Å². The van der Waals surface area contributed by atoms with Crippen molar-refractivity contribution < 1.29 is 4.74 Å². The lowest BCUT2D eigenvalue weighted by atomic mass is 10.2. The van der Waals surface area contributed by atoms with Crippen molar-refractivity contribution in [2.75, 3.05) is 13.2 Å². The molecule has 0 unspecified atom stereocenters. The van der Waals surface area contributed by atoms with Gasteiger partial charge in [-0.25, -0.2) is 4.99 Å². The molecule has 2 aromatic rings. The van der Waals surface area contributed by atoms with E-state index in [0.29, 0.717) is 19.0 Å². The molecule has 0 saturated heterocycles. The van der Waals surface area contributed by atoms with Crippen LogP contribution in [0, 0.1) is 0 Å². The number of benzene rings is 1. The van der Waals surface area contributed by atoms with Crippen LogP contribution in [0.3, 0.4) is 0 Å². The fraction of sp³-hybridized carbons (Fsp3) is 0.368. The molecule has 6 heteroatoms. The maximum Gasteiger partial charge on any atom is 0.188 e. The van der Waals surface area contributed by atoms with Crippen molar-refractivity contribution in [1.29, 1.82) is 0 Å². The molecule has 25 heavy (non-hydrogen) atoms. The standard InChI is InChI=1S/C19H26N4O.HI/c1-2-3-13-24-18-9-6-7-16(14-18)15-23-19(20)22-12-10-17-8-4-5-11-21-17;/h4-9,11,14H,2-3,10,12-13,15H2,1H3,(H3,20,22,23);1H. The van der Waals surface area contributed by atoms with Crippen molar-refractivity contribution in [3.05, 3.63) is 59.9 Å². The Hall–Kier alpha value is -1.83. The second-order valence-electron chi connectivity index (χ2n) is 5.55. The van der Waals surface area contributed by atoms with E-state index in [1.807, 2.05) is 42.5 Å². The Labute approximate surface area is 167 Å². The Morgan fingerprint density at radius 1 is 1.24 bits per heavy atom. The van der Waals surface area contributed by atoms with Gasteiger partial charge >= 0.3 is 0 Å². The maximum absolute atomic E-state index is 5.91. The topological polar surface area (TPSA) is 72.5 Å². The summed E-state index contributed by atoms with van der Waals surface area (Å²) in [6.45, 7) is 4.15. The number of rotatable bonds is 9. The van der Waals surface area contributed by atoms with Gasteiger partial charge in [-0.05, 0) is 36.2 Å². The van der Waals surface area contributed by atoms with E-state index >= 15 is 0 Å². The third-order valence-electron chi connectivity index (χ3n) is 3.51. The quantitative estimate of drug-likeness (QED) is 0.263. The zero-order valence-electron chi connectivity index (χ0n) is 14.6.